The van der Waals surface area contributed by atoms with E-state index in [1.165, 1.54) is 0 Å². The van der Waals surface area contributed by atoms with Gasteiger partial charge in [-0.25, -0.2) is 0 Å². The lowest BCUT2D eigenvalue weighted by atomic mass is 10.0. The van der Waals surface area contributed by atoms with Crippen LogP contribution < -0.4 is 5.32 Å². The Morgan fingerprint density at radius 1 is 1.29 bits per heavy atom. The number of carbonyl (C=O) groups excluding carboxylic acids is 1. The van der Waals surface area contributed by atoms with Crippen LogP contribution in [0.1, 0.15) is 51.8 Å². The molecule has 6 nitrogen and oxygen atoms in total. The number of hydrogen-bond donors (Lipinski definition) is 2. The molecule has 1 amide bonds. The number of halogens is 2. The van der Waals surface area contributed by atoms with Crippen LogP contribution in [0.4, 0.5) is 8.78 Å². The molecule has 0 spiro atoms. The van der Waals surface area contributed by atoms with Crippen LogP contribution in [0.15, 0.2) is 47.0 Å². The van der Waals surface area contributed by atoms with Crippen LogP contribution in [0.5, 0.6) is 0 Å². The molecular weight excluding hydrogens is 368 g/mol. The Morgan fingerprint density at radius 3 is 2.89 bits per heavy atom. The quantitative estimate of drug-likeness (QED) is 0.701. The van der Waals surface area contributed by atoms with E-state index in [1.807, 2.05) is 12.1 Å². The molecule has 0 radical (unpaired) electrons. The molecule has 1 aliphatic rings. The molecule has 2 aromatic carbocycles. The highest BCUT2D eigenvalue weighted by molar-refractivity contribution is 5.94. The summed E-state index contributed by atoms with van der Waals surface area (Å²) in [6.07, 6.45) is -1.33. The average Bonchev–Trinajstić information content (AvgIpc) is 3.35. The first kappa shape index (κ1) is 18.2. The molecule has 1 aromatic heterocycles. The van der Waals surface area contributed by atoms with Crippen LogP contribution in [0, 0.1) is 0 Å². The topological polar surface area (TPSA) is 88.3 Å². The summed E-state index contributed by atoms with van der Waals surface area (Å²) < 4.78 is 29.8. The van der Waals surface area contributed by atoms with E-state index in [0.717, 1.165) is 24.0 Å². The van der Waals surface area contributed by atoms with Gasteiger partial charge in [0.25, 0.3) is 11.8 Å². The van der Waals surface area contributed by atoms with Crippen LogP contribution in [-0.4, -0.2) is 21.2 Å². The molecular formula is C20H17F2N3O3. The molecule has 1 heterocycles. The summed E-state index contributed by atoms with van der Waals surface area (Å²) in [6, 6.07) is 12.1. The fraction of sp³-hybridized carbons (Fsp3) is 0.250. The van der Waals surface area contributed by atoms with Gasteiger partial charge in [0.05, 0.1) is 12.6 Å². The predicted octanol–water partition coefficient (Wildman–Crippen LogP) is 3.58. The van der Waals surface area contributed by atoms with Gasteiger partial charge in [0.1, 0.15) is 0 Å². The number of aliphatic hydroxyl groups excluding tert-OH is 1. The average molecular weight is 385 g/mol. The molecule has 2 N–H and O–H groups in total. The summed E-state index contributed by atoms with van der Waals surface area (Å²) in [6.45, 7) is -0.125. The van der Waals surface area contributed by atoms with Gasteiger partial charge >= 0.3 is 6.43 Å². The van der Waals surface area contributed by atoms with E-state index in [1.54, 1.807) is 30.3 Å². The van der Waals surface area contributed by atoms with E-state index in [-0.39, 0.29) is 24.4 Å². The van der Waals surface area contributed by atoms with E-state index in [0.29, 0.717) is 16.7 Å². The minimum Gasteiger partial charge on any atom is -0.392 e. The summed E-state index contributed by atoms with van der Waals surface area (Å²) in [7, 11) is 0. The Morgan fingerprint density at radius 2 is 2.14 bits per heavy atom. The third-order valence-corrected chi connectivity index (χ3v) is 4.78. The molecule has 0 aliphatic heterocycles. The number of benzene rings is 2. The van der Waals surface area contributed by atoms with Crippen LogP contribution in [-0.2, 0) is 13.0 Å². The van der Waals surface area contributed by atoms with Crippen molar-refractivity contribution in [3.8, 4) is 11.4 Å². The van der Waals surface area contributed by atoms with Crippen molar-refractivity contribution in [3.63, 3.8) is 0 Å². The molecule has 8 heteroatoms. The molecule has 0 saturated carbocycles. The van der Waals surface area contributed by atoms with Crippen molar-refractivity contribution < 1.29 is 23.2 Å². The zero-order valence-corrected chi connectivity index (χ0v) is 14.7. The first-order valence-corrected chi connectivity index (χ1v) is 8.81. The Kier molecular flexibility index (Phi) is 4.87. The fourth-order valence-corrected chi connectivity index (χ4v) is 3.40. The van der Waals surface area contributed by atoms with Crippen molar-refractivity contribution in [2.75, 3.05) is 0 Å². The molecule has 3 aromatic rings. The maximum Gasteiger partial charge on any atom is 0.315 e. The second-order valence-corrected chi connectivity index (χ2v) is 6.59. The normalized spacial score (nSPS) is 15.6. The number of amides is 1. The lowest BCUT2D eigenvalue weighted by molar-refractivity contribution is 0.0936. The van der Waals surface area contributed by atoms with Crippen molar-refractivity contribution in [2.45, 2.75) is 31.9 Å². The smallest absolute Gasteiger partial charge is 0.315 e. The zero-order chi connectivity index (χ0) is 19.7. The van der Waals surface area contributed by atoms with Crippen molar-refractivity contribution in [1.29, 1.82) is 0 Å². The number of aromatic nitrogens is 2. The van der Waals surface area contributed by atoms with E-state index in [2.05, 4.69) is 20.0 Å². The van der Waals surface area contributed by atoms with Crippen LogP contribution >= 0.6 is 0 Å². The van der Waals surface area contributed by atoms with Gasteiger partial charge in [-0.1, -0.05) is 29.4 Å². The summed E-state index contributed by atoms with van der Waals surface area (Å²) in [5, 5.41) is 15.8. The van der Waals surface area contributed by atoms with Crippen molar-refractivity contribution in [3.05, 3.63) is 70.6 Å². The van der Waals surface area contributed by atoms with E-state index in [4.69, 9.17) is 0 Å². The molecule has 4 rings (SSSR count). The first-order chi connectivity index (χ1) is 13.5. The highest BCUT2D eigenvalue weighted by atomic mass is 19.3. The van der Waals surface area contributed by atoms with Crippen molar-refractivity contribution in [1.82, 2.24) is 15.5 Å². The van der Waals surface area contributed by atoms with Gasteiger partial charge in [-0.3, -0.25) is 4.79 Å². The highest BCUT2D eigenvalue weighted by Gasteiger charge is 2.26. The van der Waals surface area contributed by atoms with Crippen LogP contribution in [0.2, 0.25) is 0 Å². The predicted molar refractivity (Wildman–Crippen MR) is 95.6 cm³/mol. The number of aliphatic hydroxyl groups is 1. The minimum absolute atomic E-state index is 0.117. The number of carbonyl (C=O) groups is 1. The van der Waals surface area contributed by atoms with Crippen molar-refractivity contribution in [2.24, 2.45) is 0 Å². The Hall–Kier alpha value is -3.13. The minimum atomic E-state index is -2.81. The van der Waals surface area contributed by atoms with Crippen LogP contribution in [0.3, 0.4) is 0 Å². The zero-order valence-electron chi connectivity index (χ0n) is 14.7. The number of alkyl halides is 2. The number of rotatable bonds is 5. The highest BCUT2D eigenvalue weighted by Crippen LogP contribution is 2.34. The van der Waals surface area contributed by atoms with Gasteiger partial charge in [0.15, 0.2) is 0 Å². The lowest BCUT2D eigenvalue weighted by Crippen LogP contribution is -2.27. The van der Waals surface area contributed by atoms with E-state index in [9.17, 15) is 18.7 Å². The van der Waals surface area contributed by atoms with Gasteiger partial charge in [-0.05, 0) is 47.7 Å². The summed E-state index contributed by atoms with van der Waals surface area (Å²) >= 11 is 0. The van der Waals surface area contributed by atoms with E-state index < -0.39 is 12.3 Å². The molecule has 0 fully saturated rings. The third kappa shape index (κ3) is 3.50. The third-order valence-electron chi connectivity index (χ3n) is 4.78. The second-order valence-electron chi connectivity index (χ2n) is 6.59. The summed E-state index contributed by atoms with van der Waals surface area (Å²) in [5.74, 6) is -0.797. The molecule has 28 heavy (non-hydrogen) atoms. The maximum atomic E-state index is 12.6. The Balaban J connectivity index is 1.52. The van der Waals surface area contributed by atoms with E-state index >= 15 is 0 Å². The SMILES string of the molecule is O=C(N[C@@H]1CCc2cc(-c3noc(C(F)F)n3)ccc21)c1cccc(CO)c1. The number of nitrogens with one attached hydrogen (secondary N) is 1. The maximum absolute atomic E-state index is 12.6. The molecule has 1 aliphatic carbocycles. The molecule has 0 bridgehead atoms. The van der Waals surface area contributed by atoms with Gasteiger partial charge < -0.3 is 14.9 Å². The first-order valence-electron chi connectivity index (χ1n) is 8.81. The largest absolute Gasteiger partial charge is 0.392 e. The standard InChI is InChI=1S/C20H17F2N3O3/c21-17(22)20-24-18(25-28-20)13-4-6-15-12(9-13)5-7-16(15)23-19(27)14-3-1-2-11(8-14)10-26/h1-4,6,8-9,16-17,26H,5,7,10H2,(H,23,27)/t16-/m1/s1. The number of aryl methyl sites for hydroxylation is 1. The van der Waals surface area contributed by atoms with Crippen molar-refractivity contribution >= 4 is 5.91 Å². The summed E-state index contributed by atoms with van der Waals surface area (Å²) in [4.78, 5) is 16.2. The second kappa shape index (κ2) is 7.47. The molecule has 1 atom stereocenters. The fourth-order valence-electron chi connectivity index (χ4n) is 3.40. The monoisotopic (exact) mass is 385 g/mol. The van der Waals surface area contributed by atoms with Gasteiger partial charge in [0.2, 0.25) is 5.82 Å². The van der Waals surface area contributed by atoms with Gasteiger partial charge in [0, 0.05) is 11.1 Å². The van der Waals surface area contributed by atoms with Gasteiger partial charge in [-0.15, -0.1) is 0 Å². The van der Waals surface area contributed by atoms with Gasteiger partial charge in [-0.2, -0.15) is 13.8 Å². The lowest BCUT2D eigenvalue weighted by Gasteiger charge is -2.15. The number of hydrogen-bond acceptors (Lipinski definition) is 5. The van der Waals surface area contributed by atoms with Crippen LogP contribution in [0.25, 0.3) is 11.4 Å². The molecule has 144 valence electrons. The number of fused-ring (bicyclic) bond motifs is 1. The Labute approximate surface area is 159 Å². The molecule has 0 saturated heterocycles. The molecule has 0 unspecified atom stereocenters. The summed E-state index contributed by atoms with van der Waals surface area (Å²) in [5.41, 5.74) is 3.75. The number of nitrogens with zero attached hydrogens (tertiary/aromatic N) is 2. The Bertz CT molecular complexity index is 1020.